The molecule has 3 unspecified atom stereocenters. The minimum absolute atomic E-state index is 0.0419. The lowest BCUT2D eigenvalue weighted by molar-refractivity contribution is -0.149. The van der Waals surface area contributed by atoms with Gasteiger partial charge in [-0.3, -0.25) is 14.4 Å². The third kappa shape index (κ3) is 26.1. The molecule has 502 valence electrons. The predicted octanol–water partition coefficient (Wildman–Crippen LogP) is 9.35. The Bertz CT molecular complexity index is 3370. The topological polar surface area (TPSA) is 261 Å². The van der Waals surface area contributed by atoms with E-state index in [0.717, 1.165) is 48.2 Å². The Balaban J connectivity index is 0.000000292. The normalized spacial score (nSPS) is 17.8. The number of rotatable bonds is 18. The zero-order valence-electron chi connectivity index (χ0n) is 54.2. The minimum atomic E-state index is -3.55. The number of aliphatic hydroxyl groups excluding tert-OH is 1. The summed E-state index contributed by atoms with van der Waals surface area (Å²) in [6.45, 7) is 29.4. The van der Waals surface area contributed by atoms with Gasteiger partial charge in [0.1, 0.15) is 0 Å². The van der Waals surface area contributed by atoms with Crippen molar-refractivity contribution in [2.24, 2.45) is 11.8 Å². The Labute approximate surface area is 541 Å². The first-order chi connectivity index (χ1) is 42.5. The monoisotopic (exact) mass is 1350 g/mol. The number of hydrogen-bond donors (Lipinski definition) is 2. The molecule has 25 heteroatoms. The Kier molecular flexibility index (Phi) is 34.6. The van der Waals surface area contributed by atoms with Crippen molar-refractivity contribution in [2.45, 2.75) is 141 Å². The van der Waals surface area contributed by atoms with Gasteiger partial charge in [0.25, 0.3) is 9.05 Å². The summed E-state index contributed by atoms with van der Waals surface area (Å²) in [5, 5.41) is 13.0. The van der Waals surface area contributed by atoms with Gasteiger partial charge in [-0.1, -0.05) is 104 Å². The summed E-state index contributed by atoms with van der Waals surface area (Å²) in [6.07, 6.45) is 7.21. The highest BCUT2D eigenvalue weighted by Gasteiger charge is 2.35. The summed E-state index contributed by atoms with van der Waals surface area (Å²) < 4.78 is 116. The van der Waals surface area contributed by atoms with Gasteiger partial charge in [0.2, 0.25) is 30.1 Å². The molecule has 8 rings (SSSR count). The van der Waals surface area contributed by atoms with Crippen LogP contribution in [0, 0.1) is 39.5 Å². The number of carbonyl (C=O) groups is 3. The van der Waals surface area contributed by atoms with Gasteiger partial charge in [-0.25, -0.2) is 33.7 Å². The molecule has 2 saturated heterocycles. The maximum absolute atomic E-state index is 12.6. The van der Waals surface area contributed by atoms with Crippen LogP contribution in [0.3, 0.4) is 0 Å². The molecule has 4 aromatic rings. The molecular formula is C65H96ClN5O15S4. The van der Waals surface area contributed by atoms with Crippen LogP contribution in [0.1, 0.15) is 109 Å². The third-order valence-electron chi connectivity index (χ3n) is 14.9. The maximum atomic E-state index is 12.6. The largest absolute Gasteiger partial charge is 0.466 e. The lowest BCUT2D eigenvalue weighted by Gasteiger charge is -2.30. The van der Waals surface area contributed by atoms with Crippen molar-refractivity contribution in [3.8, 4) is 0 Å². The first kappa shape index (κ1) is 79.0. The van der Waals surface area contributed by atoms with E-state index in [9.17, 15) is 53.2 Å². The summed E-state index contributed by atoms with van der Waals surface area (Å²) in [7, 11) is -9.04. The van der Waals surface area contributed by atoms with Crippen molar-refractivity contribution in [2.75, 3.05) is 91.8 Å². The quantitative estimate of drug-likeness (QED) is 0.0407. The number of benzene rings is 4. The molecule has 0 radical (unpaired) electrons. The highest BCUT2D eigenvalue weighted by atomic mass is 35.7. The van der Waals surface area contributed by atoms with Gasteiger partial charge >= 0.3 is 11.9 Å². The number of hydrogen-bond acceptors (Lipinski definition) is 17. The number of esters is 2. The van der Waals surface area contributed by atoms with Gasteiger partial charge in [0, 0.05) is 68.7 Å². The lowest BCUT2D eigenvalue weighted by atomic mass is 10.0. The fourth-order valence-corrected chi connectivity index (χ4v) is 14.6. The van der Waals surface area contributed by atoms with Crippen molar-refractivity contribution >= 4 is 67.5 Å². The number of piperidine rings is 2. The maximum Gasteiger partial charge on any atom is 0.310 e. The average Bonchev–Trinajstić information content (AvgIpc) is 1.12. The highest BCUT2D eigenvalue weighted by Crippen LogP contribution is 2.27. The van der Waals surface area contributed by atoms with E-state index in [4.69, 9.17) is 24.9 Å². The Morgan fingerprint density at radius 2 is 0.956 bits per heavy atom. The molecule has 4 aliphatic heterocycles. The van der Waals surface area contributed by atoms with Gasteiger partial charge in [0.15, 0.2) is 12.1 Å². The van der Waals surface area contributed by atoms with Crippen LogP contribution in [-0.4, -0.2) is 172 Å². The first-order valence-corrected chi connectivity index (χ1v) is 37.3. The SMILES string of the molecule is CC(=O)C1=CCCN(S(=O)(=O)c2ccc(C)cc2)C1.CCN(CC)CC.CCOC(=O)C1CCCN(S(=O)(=O)c2ccc(C)cc2)C1.CCOC(=O)C1CCCNC1.CCOC(O)C1=CCCN(S(=O)(=O)c2ccc(C)cc2)C1.Cc1ccc(S(=O)(=O)Cl)cc1. The number of aliphatic hydroxyl groups is 1. The summed E-state index contributed by atoms with van der Waals surface area (Å²) in [5.74, 6) is -0.674. The fraction of sp³-hybridized carbons (Fsp3) is 0.523. The van der Waals surface area contributed by atoms with E-state index in [-0.39, 0.29) is 68.8 Å². The van der Waals surface area contributed by atoms with Crippen LogP contribution in [-0.2, 0) is 67.7 Å². The van der Waals surface area contributed by atoms with Crippen LogP contribution in [0.4, 0.5) is 0 Å². The molecule has 0 bridgehead atoms. The zero-order valence-corrected chi connectivity index (χ0v) is 58.3. The van der Waals surface area contributed by atoms with E-state index in [1.807, 2.05) is 46.8 Å². The molecule has 90 heavy (non-hydrogen) atoms. The number of halogens is 1. The van der Waals surface area contributed by atoms with Gasteiger partial charge in [-0.05, 0) is 174 Å². The van der Waals surface area contributed by atoms with Crippen LogP contribution < -0.4 is 5.32 Å². The van der Waals surface area contributed by atoms with Gasteiger partial charge in [-0.2, -0.15) is 12.9 Å². The number of ketones is 1. The van der Waals surface area contributed by atoms with E-state index in [1.165, 1.54) is 51.6 Å². The molecule has 4 heterocycles. The van der Waals surface area contributed by atoms with Crippen LogP contribution in [0.5, 0.6) is 0 Å². The van der Waals surface area contributed by atoms with Crippen LogP contribution in [0.25, 0.3) is 0 Å². The molecule has 0 spiro atoms. The highest BCUT2D eigenvalue weighted by molar-refractivity contribution is 8.13. The van der Waals surface area contributed by atoms with Crippen LogP contribution >= 0.6 is 10.7 Å². The molecule has 0 aromatic heterocycles. The summed E-state index contributed by atoms with van der Waals surface area (Å²) in [6, 6.07) is 26.7. The predicted molar refractivity (Wildman–Crippen MR) is 353 cm³/mol. The summed E-state index contributed by atoms with van der Waals surface area (Å²) >= 11 is 0. The standard InChI is InChI=1S/2C15H21NO4S.C14H17NO3S.C8H15NO2.C7H7ClO2S.C6H15N/c2*1-3-20-15(17)13-5-4-10-16(11-13)21(18,19)14-8-6-12(2)7-9-14;1-11-5-7-14(8-6-11)19(17,18)15-9-3-4-13(10-15)12(2)16;1-2-11-8(10)7-4-3-5-9-6-7;1-6-2-4-7(5-3-6)11(8,9)10;1-4-7(5-2)6-3/h6-9,13H,3-5,10-11H2,1-2H3;5-9,15,17H,3-4,10-11H2,1-2H3;4-8H,3,9-10H2,1-2H3;7,9H,2-6H2,1H3;2-5H,1H3;4-6H2,1-3H3. The number of nitrogens with one attached hydrogen (secondary N) is 1. The van der Waals surface area contributed by atoms with Crippen molar-refractivity contribution in [1.29, 1.82) is 0 Å². The van der Waals surface area contributed by atoms with Gasteiger partial charge < -0.3 is 29.5 Å². The van der Waals surface area contributed by atoms with Gasteiger partial charge in [-0.15, -0.1) is 0 Å². The average molecular weight is 1350 g/mol. The smallest absolute Gasteiger partial charge is 0.310 e. The van der Waals surface area contributed by atoms with E-state index in [1.54, 1.807) is 98.8 Å². The lowest BCUT2D eigenvalue weighted by Crippen LogP contribution is -2.42. The molecule has 0 aliphatic carbocycles. The molecule has 2 fully saturated rings. The molecule has 2 N–H and O–H groups in total. The van der Waals surface area contributed by atoms with E-state index in [0.29, 0.717) is 76.3 Å². The second-order valence-corrected chi connectivity index (χ2v) is 30.1. The van der Waals surface area contributed by atoms with Crippen molar-refractivity contribution in [1.82, 2.24) is 23.1 Å². The van der Waals surface area contributed by atoms with Crippen LogP contribution in [0.15, 0.2) is 140 Å². The van der Waals surface area contributed by atoms with Crippen LogP contribution in [0.2, 0.25) is 0 Å². The summed E-state index contributed by atoms with van der Waals surface area (Å²) in [5.41, 5.74) is 5.22. The Morgan fingerprint density at radius 3 is 1.33 bits per heavy atom. The molecule has 0 saturated carbocycles. The molecule has 4 aromatic carbocycles. The number of nitrogens with zero attached hydrogens (tertiary/aromatic N) is 4. The first-order valence-electron chi connectivity index (χ1n) is 30.7. The number of sulfonamides is 3. The molecule has 20 nitrogen and oxygen atoms in total. The second kappa shape index (κ2) is 39.4. The number of Topliss-reactive ketones (excluding diaryl/α,β-unsaturated/α-hetero) is 1. The Hall–Kier alpha value is -5.22. The molecule has 0 amide bonds. The zero-order chi connectivity index (χ0) is 67.2. The van der Waals surface area contributed by atoms with Crippen molar-refractivity contribution in [3.05, 3.63) is 143 Å². The number of carbonyl (C=O) groups excluding carboxylic acids is 3. The Morgan fingerprint density at radius 1 is 0.556 bits per heavy atom. The fourth-order valence-electron chi connectivity index (χ4n) is 9.44. The van der Waals surface area contributed by atoms with Crippen molar-refractivity contribution < 1.29 is 67.4 Å². The molecular weight excluding hydrogens is 1250 g/mol. The van der Waals surface area contributed by atoms with E-state index in [2.05, 4.69) is 31.0 Å². The van der Waals surface area contributed by atoms with Gasteiger partial charge in [0.05, 0.1) is 44.6 Å². The third-order valence-corrected chi connectivity index (χ3v) is 21.9. The second-order valence-electron chi connectivity index (χ2n) is 21.7. The summed E-state index contributed by atoms with van der Waals surface area (Å²) in [4.78, 5) is 37.7. The van der Waals surface area contributed by atoms with E-state index >= 15 is 0 Å². The van der Waals surface area contributed by atoms with Crippen molar-refractivity contribution in [3.63, 3.8) is 0 Å². The number of aryl methyl sites for hydroxylation is 4. The minimum Gasteiger partial charge on any atom is -0.466 e. The molecule has 4 aliphatic rings. The molecule has 3 atom stereocenters. The van der Waals surface area contributed by atoms with E-state index < -0.39 is 45.4 Å². The number of ether oxygens (including phenoxy) is 3.